The van der Waals surface area contributed by atoms with Gasteiger partial charge >= 0.3 is 0 Å². The van der Waals surface area contributed by atoms with Crippen LogP contribution in [0, 0.1) is 11.3 Å². The summed E-state index contributed by atoms with van der Waals surface area (Å²) >= 11 is 1.62. The minimum atomic E-state index is 0. The van der Waals surface area contributed by atoms with Gasteiger partial charge in [-0.05, 0) is 30.4 Å². The lowest BCUT2D eigenvalue weighted by Crippen LogP contribution is -2.05. The Kier molecular flexibility index (Phi) is 5.10. The summed E-state index contributed by atoms with van der Waals surface area (Å²) in [5, 5.41) is 19.8. The second-order valence-electron chi connectivity index (χ2n) is 4.59. The van der Waals surface area contributed by atoms with E-state index in [1.54, 1.807) is 11.3 Å². The molecule has 0 aliphatic carbocycles. The van der Waals surface area contributed by atoms with Crippen LogP contribution >= 0.6 is 28.3 Å². The van der Waals surface area contributed by atoms with E-state index in [2.05, 4.69) is 20.8 Å². The highest BCUT2D eigenvalue weighted by Crippen LogP contribution is 2.22. The van der Waals surface area contributed by atoms with Crippen molar-refractivity contribution in [3.63, 3.8) is 0 Å². The molecular formula is C14H15BrN4S. The summed E-state index contributed by atoms with van der Waals surface area (Å²) in [6, 6.07) is 6.24. The second-order valence-corrected chi connectivity index (χ2v) is 5.57. The minimum absolute atomic E-state index is 0. The minimum Gasteiger partial charge on any atom is -0.310 e. The van der Waals surface area contributed by atoms with Crippen molar-refractivity contribution in [2.45, 2.75) is 32.2 Å². The lowest BCUT2D eigenvalue weighted by Gasteiger charge is -2.05. The fourth-order valence-corrected chi connectivity index (χ4v) is 3.00. The second kappa shape index (κ2) is 6.82. The van der Waals surface area contributed by atoms with E-state index in [9.17, 15) is 5.26 Å². The Bertz CT molecular complexity index is 637. The van der Waals surface area contributed by atoms with Gasteiger partial charge in [0.1, 0.15) is 11.9 Å². The number of aryl methyl sites for hydroxylation is 1. The maximum atomic E-state index is 9.37. The van der Waals surface area contributed by atoms with Crippen LogP contribution in [0.25, 0.3) is 11.6 Å². The van der Waals surface area contributed by atoms with E-state index in [0.29, 0.717) is 11.4 Å². The SMILES string of the molecule is Br.N#C/C(=C/c1cccs1)c1nnc2n1CCCCC2. The van der Waals surface area contributed by atoms with Crippen molar-refractivity contribution < 1.29 is 0 Å². The molecule has 20 heavy (non-hydrogen) atoms. The largest absolute Gasteiger partial charge is 0.310 e. The van der Waals surface area contributed by atoms with Gasteiger partial charge in [-0.25, -0.2) is 0 Å². The normalized spacial score (nSPS) is 14.8. The van der Waals surface area contributed by atoms with Gasteiger partial charge in [-0.1, -0.05) is 12.5 Å². The van der Waals surface area contributed by atoms with E-state index < -0.39 is 0 Å². The molecule has 6 heteroatoms. The van der Waals surface area contributed by atoms with Gasteiger partial charge < -0.3 is 4.57 Å². The predicted molar refractivity (Wildman–Crippen MR) is 85.7 cm³/mol. The number of hydrogen-bond acceptors (Lipinski definition) is 4. The summed E-state index contributed by atoms with van der Waals surface area (Å²) in [6.07, 6.45) is 6.38. The molecule has 0 spiro atoms. The zero-order chi connectivity index (χ0) is 13.1. The molecular weight excluding hydrogens is 336 g/mol. The van der Waals surface area contributed by atoms with Gasteiger partial charge in [-0.3, -0.25) is 0 Å². The molecule has 3 heterocycles. The van der Waals surface area contributed by atoms with Gasteiger partial charge in [0.15, 0.2) is 5.82 Å². The van der Waals surface area contributed by atoms with Crippen LogP contribution < -0.4 is 0 Å². The van der Waals surface area contributed by atoms with Crippen molar-refractivity contribution in [1.82, 2.24) is 14.8 Å². The summed E-state index contributed by atoms with van der Waals surface area (Å²) in [5.74, 6) is 1.73. The zero-order valence-corrected chi connectivity index (χ0v) is 13.5. The van der Waals surface area contributed by atoms with Gasteiger partial charge in [0.25, 0.3) is 0 Å². The smallest absolute Gasteiger partial charge is 0.174 e. The molecule has 1 aliphatic heterocycles. The number of hydrogen-bond donors (Lipinski definition) is 0. The molecule has 0 unspecified atom stereocenters. The standard InChI is InChI=1S/C14H14N4S.BrH/c15-10-11(9-12-5-4-8-19-12)14-17-16-13-6-2-1-3-7-18(13)14;/h4-5,8-9H,1-3,6-7H2;1H/b11-9-;. The highest BCUT2D eigenvalue weighted by atomic mass is 79.9. The Morgan fingerprint density at radius 1 is 1.35 bits per heavy atom. The maximum absolute atomic E-state index is 9.37. The maximum Gasteiger partial charge on any atom is 0.174 e. The van der Waals surface area contributed by atoms with Crippen LogP contribution in [-0.4, -0.2) is 14.8 Å². The third-order valence-corrected chi connectivity index (χ3v) is 4.12. The third-order valence-electron chi connectivity index (χ3n) is 3.30. The molecule has 0 saturated heterocycles. The summed E-state index contributed by atoms with van der Waals surface area (Å²) in [7, 11) is 0. The first-order chi connectivity index (χ1) is 9.38. The third kappa shape index (κ3) is 3.00. The van der Waals surface area contributed by atoms with Gasteiger partial charge in [-0.2, -0.15) is 5.26 Å². The van der Waals surface area contributed by atoms with Crippen molar-refractivity contribution in [1.29, 1.82) is 5.26 Å². The van der Waals surface area contributed by atoms with Crippen LogP contribution in [0.3, 0.4) is 0 Å². The summed E-state index contributed by atoms with van der Waals surface area (Å²) < 4.78 is 2.11. The molecule has 0 amide bonds. The summed E-state index contributed by atoms with van der Waals surface area (Å²) in [4.78, 5) is 1.07. The molecule has 0 atom stereocenters. The van der Waals surface area contributed by atoms with Gasteiger partial charge in [0.2, 0.25) is 0 Å². The van der Waals surface area contributed by atoms with Crippen molar-refractivity contribution in [2.75, 3.05) is 0 Å². The van der Waals surface area contributed by atoms with Crippen molar-refractivity contribution in [3.8, 4) is 6.07 Å². The van der Waals surface area contributed by atoms with Crippen LogP contribution in [-0.2, 0) is 13.0 Å². The van der Waals surface area contributed by atoms with Crippen LogP contribution in [0.5, 0.6) is 0 Å². The molecule has 0 radical (unpaired) electrons. The first-order valence-corrected chi connectivity index (χ1v) is 7.34. The Balaban J connectivity index is 0.00000147. The lowest BCUT2D eigenvalue weighted by atomic mass is 10.2. The van der Waals surface area contributed by atoms with Crippen LogP contribution in [0.2, 0.25) is 0 Å². The molecule has 0 fully saturated rings. The number of allylic oxidation sites excluding steroid dienone is 1. The first kappa shape index (κ1) is 14.9. The number of halogens is 1. The Morgan fingerprint density at radius 2 is 2.25 bits per heavy atom. The molecule has 0 saturated carbocycles. The number of aromatic nitrogens is 3. The van der Waals surface area contributed by atoms with Gasteiger partial charge in [0.05, 0.1) is 5.57 Å². The fourth-order valence-electron chi connectivity index (χ4n) is 2.35. The summed E-state index contributed by atoms with van der Waals surface area (Å²) in [5.41, 5.74) is 0.600. The van der Waals surface area contributed by atoms with Crippen molar-refractivity contribution in [2.24, 2.45) is 0 Å². The number of rotatable bonds is 2. The molecule has 0 aromatic carbocycles. The molecule has 4 nitrogen and oxygen atoms in total. The monoisotopic (exact) mass is 350 g/mol. The fraction of sp³-hybridized carbons (Fsp3) is 0.357. The van der Waals surface area contributed by atoms with Crippen LogP contribution in [0.4, 0.5) is 0 Å². The molecule has 2 aromatic heterocycles. The van der Waals surface area contributed by atoms with E-state index in [4.69, 9.17) is 0 Å². The molecule has 2 aromatic rings. The molecule has 1 aliphatic rings. The molecule has 0 N–H and O–H groups in total. The Hall–Kier alpha value is -1.45. The Morgan fingerprint density at radius 3 is 3.00 bits per heavy atom. The van der Waals surface area contributed by atoms with E-state index in [1.165, 1.54) is 6.42 Å². The lowest BCUT2D eigenvalue weighted by molar-refractivity contribution is 0.627. The molecule has 0 bridgehead atoms. The van der Waals surface area contributed by atoms with Crippen LogP contribution in [0.15, 0.2) is 17.5 Å². The number of nitriles is 1. The summed E-state index contributed by atoms with van der Waals surface area (Å²) in [6.45, 7) is 0.918. The number of fused-ring (bicyclic) bond motifs is 1. The van der Waals surface area contributed by atoms with E-state index in [0.717, 1.165) is 36.5 Å². The highest BCUT2D eigenvalue weighted by Gasteiger charge is 2.17. The van der Waals surface area contributed by atoms with E-state index in [-0.39, 0.29) is 17.0 Å². The van der Waals surface area contributed by atoms with Crippen molar-refractivity contribution in [3.05, 3.63) is 34.0 Å². The van der Waals surface area contributed by atoms with E-state index in [1.807, 2.05) is 23.6 Å². The molecule has 104 valence electrons. The average Bonchev–Trinajstić information content (AvgIpc) is 3.01. The van der Waals surface area contributed by atoms with E-state index >= 15 is 0 Å². The Labute approximate surface area is 132 Å². The number of nitrogens with zero attached hydrogens (tertiary/aromatic N) is 4. The van der Waals surface area contributed by atoms with Gasteiger partial charge in [-0.15, -0.1) is 38.5 Å². The topological polar surface area (TPSA) is 54.5 Å². The van der Waals surface area contributed by atoms with Gasteiger partial charge in [0, 0.05) is 17.8 Å². The first-order valence-electron chi connectivity index (χ1n) is 6.46. The average molecular weight is 351 g/mol. The zero-order valence-electron chi connectivity index (χ0n) is 11.0. The number of thiophene rings is 1. The molecule has 3 rings (SSSR count). The van der Waals surface area contributed by atoms with Crippen LogP contribution in [0.1, 0.15) is 35.8 Å². The quantitative estimate of drug-likeness (QED) is 0.775. The van der Waals surface area contributed by atoms with Crippen molar-refractivity contribution >= 4 is 40.0 Å². The predicted octanol–water partition coefficient (Wildman–Crippen LogP) is 3.71. The highest BCUT2D eigenvalue weighted by molar-refractivity contribution is 8.93.